The molecule has 0 saturated carbocycles. The number of rotatable bonds is 4. The molecule has 164 valence electrons. The van der Waals surface area contributed by atoms with Gasteiger partial charge in [0.25, 0.3) is 5.91 Å². The quantitative estimate of drug-likeness (QED) is 0.391. The summed E-state index contributed by atoms with van der Waals surface area (Å²) in [7, 11) is 0. The van der Waals surface area contributed by atoms with Crippen molar-refractivity contribution in [2.45, 2.75) is 13.5 Å². The van der Waals surface area contributed by atoms with Gasteiger partial charge in [0.1, 0.15) is 24.6 Å². The zero-order valence-electron chi connectivity index (χ0n) is 16.9. The largest absolute Gasteiger partial charge is 0.486 e. The van der Waals surface area contributed by atoms with Crippen LogP contribution in [-0.2, 0) is 16.1 Å². The van der Waals surface area contributed by atoms with Crippen LogP contribution in [0, 0.1) is 0 Å². The van der Waals surface area contributed by atoms with E-state index in [4.69, 9.17) is 25.8 Å². The fraction of sp³-hybridized carbons (Fsp3) is 0.227. The molecule has 0 aliphatic carbocycles. The number of nitrogens with zero attached hydrogens (tertiary/aromatic N) is 2. The predicted octanol–water partition coefficient (Wildman–Crippen LogP) is 4.65. The lowest BCUT2D eigenvalue weighted by molar-refractivity contribution is -0.143. The molecular weight excluding hydrogens is 472 g/mol. The SMILES string of the molecule is CCOC(=O)Cn1c(=NC(=O)c2sc3ccccc3c2Cl)sc2cc3c(cc21)OCCO3. The maximum absolute atomic E-state index is 13.1. The number of hydrogen-bond acceptors (Lipinski definition) is 7. The van der Waals surface area contributed by atoms with Gasteiger partial charge in [-0.2, -0.15) is 4.99 Å². The Bertz CT molecular complexity index is 1440. The van der Waals surface area contributed by atoms with Crippen LogP contribution in [0.2, 0.25) is 5.02 Å². The van der Waals surface area contributed by atoms with E-state index in [9.17, 15) is 9.59 Å². The number of aromatic nitrogens is 1. The first-order chi connectivity index (χ1) is 15.5. The zero-order valence-corrected chi connectivity index (χ0v) is 19.3. The Labute approximate surface area is 195 Å². The maximum Gasteiger partial charge on any atom is 0.326 e. The highest BCUT2D eigenvalue weighted by molar-refractivity contribution is 7.21. The number of benzene rings is 2. The van der Waals surface area contributed by atoms with Crippen molar-refractivity contribution < 1.29 is 23.8 Å². The second-order valence-corrected chi connectivity index (χ2v) is 9.34. The molecule has 0 radical (unpaired) electrons. The molecule has 4 aromatic rings. The molecule has 0 bridgehead atoms. The highest BCUT2D eigenvalue weighted by Gasteiger charge is 2.20. The molecule has 0 saturated heterocycles. The number of ether oxygens (including phenoxy) is 3. The molecule has 32 heavy (non-hydrogen) atoms. The van der Waals surface area contributed by atoms with Crippen LogP contribution in [0.25, 0.3) is 20.3 Å². The minimum atomic E-state index is -0.461. The van der Waals surface area contributed by atoms with Crippen molar-refractivity contribution in [3.05, 3.63) is 51.1 Å². The lowest BCUT2D eigenvalue weighted by atomic mass is 10.2. The van der Waals surface area contributed by atoms with E-state index in [1.165, 1.54) is 22.7 Å². The van der Waals surface area contributed by atoms with Crippen LogP contribution in [0.1, 0.15) is 16.6 Å². The predicted molar refractivity (Wildman–Crippen MR) is 124 cm³/mol. The third kappa shape index (κ3) is 3.76. The van der Waals surface area contributed by atoms with E-state index in [-0.39, 0.29) is 13.2 Å². The van der Waals surface area contributed by atoms with Crippen molar-refractivity contribution in [2.75, 3.05) is 19.8 Å². The van der Waals surface area contributed by atoms with Crippen LogP contribution in [0.5, 0.6) is 11.5 Å². The standard InChI is InChI=1S/C22H17ClN2O5S2/c1-2-28-18(26)11-25-13-9-14-15(30-8-7-29-14)10-17(13)32-22(25)24-21(27)20-19(23)12-5-3-4-6-16(12)31-20/h3-6,9-10H,2,7-8,11H2,1H3. The molecule has 3 heterocycles. The van der Waals surface area contributed by atoms with Gasteiger partial charge in [-0.25, -0.2) is 0 Å². The topological polar surface area (TPSA) is 79.1 Å². The minimum absolute atomic E-state index is 0.0836. The van der Waals surface area contributed by atoms with E-state index in [1.54, 1.807) is 17.6 Å². The smallest absolute Gasteiger partial charge is 0.326 e. The fourth-order valence-electron chi connectivity index (χ4n) is 3.47. The van der Waals surface area contributed by atoms with Crippen molar-refractivity contribution in [2.24, 2.45) is 4.99 Å². The second-order valence-electron chi connectivity index (χ2n) is 6.90. The molecule has 7 nitrogen and oxygen atoms in total. The number of hydrogen-bond donors (Lipinski definition) is 0. The van der Waals surface area contributed by atoms with Crippen LogP contribution in [0.15, 0.2) is 41.4 Å². The van der Waals surface area contributed by atoms with E-state index in [0.29, 0.717) is 44.9 Å². The number of halogens is 1. The van der Waals surface area contributed by atoms with Crippen LogP contribution < -0.4 is 14.3 Å². The number of fused-ring (bicyclic) bond motifs is 3. The third-order valence-electron chi connectivity index (χ3n) is 4.87. The molecule has 0 spiro atoms. The third-order valence-corrected chi connectivity index (χ3v) is 7.57. The van der Waals surface area contributed by atoms with Crippen molar-refractivity contribution in [3.63, 3.8) is 0 Å². The molecule has 1 aliphatic rings. The van der Waals surface area contributed by atoms with Gasteiger partial charge in [0.05, 0.1) is 21.8 Å². The summed E-state index contributed by atoms with van der Waals surface area (Å²) >= 11 is 9.05. The van der Waals surface area contributed by atoms with Crippen molar-refractivity contribution in [3.8, 4) is 11.5 Å². The monoisotopic (exact) mass is 488 g/mol. The van der Waals surface area contributed by atoms with Gasteiger partial charge in [-0.3, -0.25) is 9.59 Å². The highest BCUT2D eigenvalue weighted by atomic mass is 35.5. The molecule has 1 amide bonds. The van der Waals surface area contributed by atoms with Gasteiger partial charge >= 0.3 is 5.97 Å². The van der Waals surface area contributed by atoms with Crippen molar-refractivity contribution in [1.29, 1.82) is 0 Å². The molecule has 0 N–H and O–H groups in total. The lowest BCUT2D eigenvalue weighted by Gasteiger charge is -2.18. The first-order valence-corrected chi connectivity index (χ1v) is 11.9. The summed E-state index contributed by atoms with van der Waals surface area (Å²) in [4.78, 5) is 30.4. The van der Waals surface area contributed by atoms with E-state index in [1.807, 2.05) is 30.3 Å². The van der Waals surface area contributed by atoms with Gasteiger partial charge in [-0.05, 0) is 13.0 Å². The number of esters is 1. The average Bonchev–Trinajstić information content (AvgIpc) is 3.29. The summed E-state index contributed by atoms with van der Waals surface area (Å²) in [6.07, 6.45) is 0. The normalized spacial score (nSPS) is 13.6. The summed E-state index contributed by atoms with van der Waals surface area (Å²) in [6.45, 7) is 2.83. The van der Waals surface area contributed by atoms with E-state index in [2.05, 4.69) is 4.99 Å². The molecule has 0 unspecified atom stereocenters. The average molecular weight is 489 g/mol. The Hall–Kier alpha value is -2.88. The van der Waals surface area contributed by atoms with E-state index >= 15 is 0 Å². The molecule has 2 aromatic heterocycles. The Kier molecular flexibility index (Phi) is 5.62. The Morgan fingerprint density at radius 2 is 1.88 bits per heavy atom. The Morgan fingerprint density at radius 3 is 2.62 bits per heavy atom. The second kappa shape index (κ2) is 8.57. The Balaban J connectivity index is 1.65. The minimum Gasteiger partial charge on any atom is -0.486 e. The molecular formula is C22H17ClN2O5S2. The molecule has 10 heteroatoms. The molecule has 2 aromatic carbocycles. The summed E-state index contributed by atoms with van der Waals surface area (Å²) in [5.41, 5.74) is 0.710. The molecule has 5 rings (SSSR count). The van der Waals surface area contributed by atoms with Crippen LogP contribution in [-0.4, -0.2) is 36.3 Å². The van der Waals surface area contributed by atoms with E-state index in [0.717, 1.165) is 14.8 Å². The molecule has 0 fully saturated rings. The Morgan fingerprint density at radius 1 is 1.12 bits per heavy atom. The van der Waals surface area contributed by atoms with Gasteiger partial charge < -0.3 is 18.8 Å². The fourth-order valence-corrected chi connectivity index (χ4v) is 5.90. The number of carbonyl (C=O) groups is 2. The summed E-state index contributed by atoms with van der Waals surface area (Å²) in [6, 6.07) is 11.2. The molecule has 0 atom stereocenters. The lowest BCUT2D eigenvalue weighted by Crippen LogP contribution is -2.23. The number of thiazole rings is 1. The summed E-state index contributed by atoms with van der Waals surface area (Å²) < 4.78 is 19.9. The van der Waals surface area contributed by atoms with Gasteiger partial charge in [-0.1, -0.05) is 41.1 Å². The van der Waals surface area contributed by atoms with Crippen LogP contribution >= 0.6 is 34.3 Å². The van der Waals surface area contributed by atoms with Crippen molar-refractivity contribution in [1.82, 2.24) is 4.57 Å². The zero-order chi connectivity index (χ0) is 22.2. The summed E-state index contributed by atoms with van der Waals surface area (Å²) in [5.74, 6) is 0.330. The summed E-state index contributed by atoms with van der Waals surface area (Å²) in [5, 5.41) is 1.20. The number of amides is 1. The van der Waals surface area contributed by atoms with Crippen molar-refractivity contribution >= 4 is 66.5 Å². The van der Waals surface area contributed by atoms with Gasteiger partial charge in [0, 0.05) is 22.2 Å². The van der Waals surface area contributed by atoms with E-state index < -0.39 is 11.9 Å². The van der Waals surface area contributed by atoms with Gasteiger partial charge in [0.15, 0.2) is 16.3 Å². The number of thiophene rings is 1. The van der Waals surface area contributed by atoms with Crippen LogP contribution in [0.4, 0.5) is 0 Å². The highest BCUT2D eigenvalue weighted by Crippen LogP contribution is 2.37. The van der Waals surface area contributed by atoms with Crippen LogP contribution in [0.3, 0.4) is 0 Å². The number of carbonyl (C=O) groups excluding carboxylic acids is 2. The first-order valence-electron chi connectivity index (χ1n) is 9.90. The maximum atomic E-state index is 13.1. The first kappa shape index (κ1) is 21.0. The molecule has 1 aliphatic heterocycles. The van der Waals surface area contributed by atoms with Gasteiger partial charge in [-0.15, -0.1) is 11.3 Å². The van der Waals surface area contributed by atoms with Gasteiger partial charge in [0.2, 0.25) is 0 Å².